The molecular weight excluding hydrogens is 532 g/mol. The van der Waals surface area contributed by atoms with Gasteiger partial charge in [0.15, 0.2) is 0 Å². The number of halogens is 1. The van der Waals surface area contributed by atoms with E-state index in [1.807, 2.05) is 55.1 Å². The fourth-order valence-corrected chi connectivity index (χ4v) is 6.24. The van der Waals surface area contributed by atoms with Gasteiger partial charge >= 0.3 is 6.03 Å². The van der Waals surface area contributed by atoms with Crippen molar-refractivity contribution in [3.05, 3.63) is 111 Å². The number of aromatic nitrogens is 1. The van der Waals surface area contributed by atoms with Gasteiger partial charge in [0.05, 0.1) is 5.69 Å². The summed E-state index contributed by atoms with van der Waals surface area (Å²) in [6, 6.07) is 22.0. The third-order valence-electron chi connectivity index (χ3n) is 8.73. The zero-order chi connectivity index (χ0) is 28.0. The summed E-state index contributed by atoms with van der Waals surface area (Å²) in [7, 11) is 0. The van der Waals surface area contributed by atoms with E-state index in [0.29, 0.717) is 12.1 Å². The molecule has 0 unspecified atom stereocenters. The van der Waals surface area contributed by atoms with Crippen molar-refractivity contribution in [3.8, 4) is 11.3 Å². The average Bonchev–Trinajstić information content (AvgIpc) is 3.20. The predicted octanol–water partition coefficient (Wildman–Crippen LogP) is 6.82. The lowest BCUT2D eigenvalue weighted by Crippen LogP contribution is -2.43. The van der Waals surface area contributed by atoms with Gasteiger partial charge in [0.2, 0.25) is 0 Å². The lowest BCUT2D eigenvalue weighted by molar-refractivity contribution is 0.0659. The number of rotatable bonds is 3. The fraction of sp³-hybridized carbons (Fsp3) is 0.294. The Balaban J connectivity index is 0.00000337. The molecule has 41 heavy (non-hydrogen) atoms. The van der Waals surface area contributed by atoms with Crippen LogP contribution in [-0.4, -0.2) is 34.0 Å². The molecule has 0 bridgehead atoms. The molecule has 212 valence electrons. The van der Waals surface area contributed by atoms with Crippen molar-refractivity contribution in [3.63, 3.8) is 0 Å². The number of anilines is 1. The SMILES string of the molecule is Cc1c(C)c(-c2cc3c(cc2C(=O)N2Cc4ccccc4C[C@H]2C)CNCC3)n(C(=O)Nc2ccccc2)c1C.Cl. The molecule has 0 aliphatic carbocycles. The third-order valence-corrected chi connectivity index (χ3v) is 8.73. The van der Waals surface area contributed by atoms with Gasteiger partial charge in [-0.15, -0.1) is 12.4 Å². The van der Waals surface area contributed by atoms with Crippen LogP contribution in [0.4, 0.5) is 10.5 Å². The van der Waals surface area contributed by atoms with Crippen molar-refractivity contribution in [1.29, 1.82) is 0 Å². The van der Waals surface area contributed by atoms with E-state index < -0.39 is 0 Å². The first-order valence-corrected chi connectivity index (χ1v) is 14.1. The largest absolute Gasteiger partial charge is 0.331 e. The van der Waals surface area contributed by atoms with Crippen LogP contribution < -0.4 is 10.6 Å². The van der Waals surface area contributed by atoms with E-state index in [4.69, 9.17) is 0 Å². The number of hydrogen-bond donors (Lipinski definition) is 2. The van der Waals surface area contributed by atoms with Crippen molar-refractivity contribution < 1.29 is 9.59 Å². The highest BCUT2D eigenvalue weighted by Gasteiger charge is 2.32. The normalized spacial score (nSPS) is 15.9. The van der Waals surface area contributed by atoms with E-state index in [2.05, 4.69) is 54.8 Å². The van der Waals surface area contributed by atoms with Gasteiger partial charge in [-0.2, -0.15) is 0 Å². The van der Waals surface area contributed by atoms with Crippen LogP contribution in [0.3, 0.4) is 0 Å². The standard InChI is InChI=1S/C34H36N4O2.ClH/c1-21-16-25-10-8-9-11-27(25)20-37(21)33(39)31-18-28-19-35-15-14-26(28)17-30(31)32-23(3)22(2)24(4)38(32)34(40)36-29-12-6-5-7-13-29;/h5-13,17-18,21,35H,14-16,19-20H2,1-4H3,(H,36,40);1H/t21-;/m1./s1. The Morgan fingerprint density at radius 3 is 2.34 bits per heavy atom. The molecule has 4 aromatic rings. The van der Waals surface area contributed by atoms with Crippen LogP contribution in [0.25, 0.3) is 11.3 Å². The number of benzene rings is 3. The van der Waals surface area contributed by atoms with Gasteiger partial charge < -0.3 is 15.5 Å². The van der Waals surface area contributed by atoms with Crippen molar-refractivity contribution in [2.24, 2.45) is 0 Å². The number of fused-ring (bicyclic) bond motifs is 2. The Kier molecular flexibility index (Phi) is 8.07. The lowest BCUT2D eigenvalue weighted by atomic mass is 9.89. The van der Waals surface area contributed by atoms with Gasteiger partial charge in [-0.05, 0) is 105 Å². The Hall–Kier alpha value is -3.87. The second-order valence-corrected chi connectivity index (χ2v) is 11.2. The van der Waals surface area contributed by atoms with Crippen LogP contribution >= 0.6 is 12.4 Å². The lowest BCUT2D eigenvalue weighted by Gasteiger charge is -2.36. The van der Waals surface area contributed by atoms with Crippen molar-refractivity contribution >= 4 is 30.0 Å². The van der Waals surface area contributed by atoms with Crippen molar-refractivity contribution in [1.82, 2.24) is 14.8 Å². The van der Waals surface area contributed by atoms with Crippen LogP contribution in [0.5, 0.6) is 0 Å². The summed E-state index contributed by atoms with van der Waals surface area (Å²) in [5.41, 5.74) is 10.8. The highest BCUT2D eigenvalue weighted by atomic mass is 35.5. The molecule has 2 N–H and O–H groups in total. The van der Waals surface area contributed by atoms with E-state index >= 15 is 0 Å². The van der Waals surface area contributed by atoms with E-state index in [0.717, 1.165) is 65.3 Å². The molecule has 2 aliphatic heterocycles. The summed E-state index contributed by atoms with van der Waals surface area (Å²) >= 11 is 0. The summed E-state index contributed by atoms with van der Waals surface area (Å²) in [6.07, 6.45) is 1.72. The van der Waals surface area contributed by atoms with Crippen LogP contribution in [-0.2, 0) is 25.9 Å². The minimum absolute atomic E-state index is 0. The summed E-state index contributed by atoms with van der Waals surface area (Å²) < 4.78 is 1.76. The number of para-hydroxylation sites is 1. The summed E-state index contributed by atoms with van der Waals surface area (Å²) in [4.78, 5) is 30.3. The first-order valence-electron chi connectivity index (χ1n) is 14.1. The average molecular weight is 569 g/mol. The number of nitrogens with one attached hydrogen (secondary N) is 2. The number of nitrogens with zero attached hydrogens (tertiary/aromatic N) is 2. The Morgan fingerprint density at radius 1 is 0.878 bits per heavy atom. The molecule has 0 saturated heterocycles. The molecule has 0 radical (unpaired) electrons. The van der Waals surface area contributed by atoms with Crippen LogP contribution in [0, 0.1) is 20.8 Å². The number of carbonyl (C=O) groups excluding carboxylic acids is 2. The Bertz CT molecular complexity index is 1630. The molecule has 0 fully saturated rings. The third kappa shape index (κ3) is 5.18. The minimum atomic E-state index is -0.229. The maximum atomic E-state index is 14.5. The molecule has 0 spiro atoms. The maximum absolute atomic E-state index is 14.5. The van der Waals surface area contributed by atoms with Crippen LogP contribution in [0.2, 0.25) is 0 Å². The molecule has 2 aliphatic rings. The van der Waals surface area contributed by atoms with Gasteiger partial charge in [-0.25, -0.2) is 4.79 Å². The molecule has 3 aromatic carbocycles. The predicted molar refractivity (Wildman–Crippen MR) is 167 cm³/mol. The minimum Gasteiger partial charge on any atom is -0.331 e. The van der Waals surface area contributed by atoms with Gasteiger partial charge in [0, 0.05) is 41.6 Å². The highest BCUT2D eigenvalue weighted by Crippen LogP contribution is 2.37. The number of carbonyl (C=O) groups is 2. The molecule has 0 saturated carbocycles. The second kappa shape index (κ2) is 11.6. The molecule has 1 aromatic heterocycles. The Labute approximate surface area is 248 Å². The summed E-state index contributed by atoms with van der Waals surface area (Å²) in [5, 5.41) is 6.52. The van der Waals surface area contributed by atoms with Gasteiger partial charge in [-0.1, -0.05) is 42.5 Å². The molecule has 7 heteroatoms. The van der Waals surface area contributed by atoms with Gasteiger partial charge in [-0.3, -0.25) is 9.36 Å². The molecule has 6 rings (SSSR count). The van der Waals surface area contributed by atoms with Crippen LogP contribution in [0.1, 0.15) is 56.4 Å². The van der Waals surface area contributed by atoms with Crippen molar-refractivity contribution in [2.45, 2.75) is 59.7 Å². The molecule has 1 atom stereocenters. The van der Waals surface area contributed by atoms with E-state index in [1.165, 1.54) is 16.7 Å². The smallest absolute Gasteiger partial charge is 0.330 e. The van der Waals surface area contributed by atoms with Crippen LogP contribution in [0.15, 0.2) is 66.7 Å². The monoisotopic (exact) mass is 568 g/mol. The van der Waals surface area contributed by atoms with Crippen molar-refractivity contribution in [2.75, 3.05) is 11.9 Å². The van der Waals surface area contributed by atoms with E-state index in [-0.39, 0.29) is 30.4 Å². The zero-order valence-electron chi connectivity index (χ0n) is 24.1. The summed E-state index contributed by atoms with van der Waals surface area (Å²) in [5.74, 6) is 0.0105. The zero-order valence-corrected chi connectivity index (χ0v) is 24.9. The van der Waals surface area contributed by atoms with Gasteiger partial charge in [0.1, 0.15) is 0 Å². The summed E-state index contributed by atoms with van der Waals surface area (Å²) in [6.45, 7) is 10.4. The number of amides is 2. The maximum Gasteiger partial charge on any atom is 0.330 e. The molecular formula is C34H37ClN4O2. The first-order chi connectivity index (χ1) is 19.3. The van der Waals surface area contributed by atoms with E-state index in [1.54, 1.807) is 4.57 Å². The topological polar surface area (TPSA) is 66.4 Å². The first kappa shape index (κ1) is 28.7. The quantitative estimate of drug-likeness (QED) is 0.285. The van der Waals surface area contributed by atoms with Gasteiger partial charge in [0.25, 0.3) is 5.91 Å². The highest BCUT2D eigenvalue weighted by molar-refractivity contribution is 6.04. The fourth-order valence-electron chi connectivity index (χ4n) is 6.24. The molecule has 6 nitrogen and oxygen atoms in total. The van der Waals surface area contributed by atoms with E-state index in [9.17, 15) is 9.59 Å². The second-order valence-electron chi connectivity index (χ2n) is 11.2. The molecule has 2 amide bonds. The Morgan fingerprint density at radius 2 is 1.59 bits per heavy atom. The number of hydrogen-bond acceptors (Lipinski definition) is 3. The molecule has 3 heterocycles.